The number of ether oxygens (including phenoxy) is 1. The molecule has 1 aromatic heterocycles. The van der Waals surface area contributed by atoms with Gasteiger partial charge in [0.25, 0.3) is 0 Å². The Morgan fingerprint density at radius 2 is 2.04 bits per heavy atom. The van der Waals surface area contributed by atoms with E-state index in [1.54, 1.807) is 24.4 Å². The predicted octanol–water partition coefficient (Wildman–Crippen LogP) is 3.17. The van der Waals surface area contributed by atoms with Crippen molar-refractivity contribution in [3.05, 3.63) is 72.2 Å². The maximum Gasteiger partial charge on any atom is 0.337 e. The zero-order valence-corrected chi connectivity index (χ0v) is 14.9. The van der Waals surface area contributed by atoms with Crippen LogP contribution in [0.3, 0.4) is 0 Å². The monoisotopic (exact) mass is 379 g/mol. The minimum Gasteiger partial charge on any atom is -0.371 e. The van der Waals surface area contributed by atoms with Gasteiger partial charge in [0.1, 0.15) is 24.3 Å². The average Bonchev–Trinajstić information content (AvgIpc) is 2.73. The Kier molecular flexibility index (Phi) is 5.11. The maximum atomic E-state index is 13.4. The highest BCUT2D eigenvalue weighted by Crippen LogP contribution is 2.22. The number of rotatable bonds is 2. The number of nitrogens with one attached hydrogen (secondary N) is 3. The number of hydrazine groups is 1. The minimum atomic E-state index is -0.452. The standard InChI is InChI=1S/C20H18FN5O2/c21-14-5-1-4-13(10-14)18-11-28-12-19(23-18)25-26-20(27)24-17-8-2-7-16-15(17)6-3-9-22-16/h1-10,18H,11-12H2,(H,23,25)(H2,24,26,27). The van der Waals surface area contributed by atoms with Crippen molar-refractivity contribution in [2.75, 3.05) is 18.5 Å². The molecule has 4 rings (SSSR count). The van der Waals surface area contributed by atoms with Crippen LogP contribution in [0.25, 0.3) is 10.9 Å². The van der Waals surface area contributed by atoms with Gasteiger partial charge >= 0.3 is 6.03 Å². The van der Waals surface area contributed by atoms with E-state index in [9.17, 15) is 9.18 Å². The molecule has 0 saturated heterocycles. The maximum absolute atomic E-state index is 13.4. The first-order chi connectivity index (χ1) is 13.7. The largest absolute Gasteiger partial charge is 0.371 e. The topological polar surface area (TPSA) is 87.6 Å². The molecule has 0 aliphatic carbocycles. The number of nitrogens with zero attached hydrogens (tertiary/aromatic N) is 2. The van der Waals surface area contributed by atoms with Crippen LogP contribution in [0.2, 0.25) is 0 Å². The summed E-state index contributed by atoms with van der Waals surface area (Å²) in [6.07, 6.45) is 1.70. The van der Waals surface area contributed by atoms with Gasteiger partial charge in [0.15, 0.2) is 0 Å². The third kappa shape index (κ3) is 4.07. The van der Waals surface area contributed by atoms with E-state index < -0.39 is 6.03 Å². The summed E-state index contributed by atoms with van der Waals surface area (Å²) < 4.78 is 18.9. The van der Waals surface area contributed by atoms with E-state index >= 15 is 0 Å². The van der Waals surface area contributed by atoms with E-state index in [2.05, 4.69) is 26.1 Å². The van der Waals surface area contributed by atoms with Gasteiger partial charge in [-0.25, -0.2) is 9.18 Å². The molecule has 3 N–H and O–H groups in total. The summed E-state index contributed by atoms with van der Waals surface area (Å²) in [5.41, 5.74) is 7.45. The van der Waals surface area contributed by atoms with Gasteiger partial charge < -0.3 is 10.1 Å². The van der Waals surface area contributed by atoms with Crippen molar-refractivity contribution < 1.29 is 13.9 Å². The Labute approximate surface area is 160 Å². The number of urea groups is 1. The van der Waals surface area contributed by atoms with Crippen molar-refractivity contribution >= 4 is 28.5 Å². The molecular weight excluding hydrogens is 361 g/mol. The van der Waals surface area contributed by atoms with E-state index in [-0.39, 0.29) is 18.5 Å². The van der Waals surface area contributed by atoms with Gasteiger partial charge in [0.2, 0.25) is 0 Å². The molecule has 3 aromatic rings. The van der Waals surface area contributed by atoms with E-state index in [1.165, 1.54) is 12.1 Å². The van der Waals surface area contributed by atoms with Crippen LogP contribution in [0.15, 0.2) is 65.8 Å². The lowest BCUT2D eigenvalue weighted by Gasteiger charge is -2.22. The molecule has 0 saturated carbocycles. The molecule has 1 aliphatic rings. The van der Waals surface area contributed by atoms with Crippen LogP contribution in [-0.4, -0.2) is 30.1 Å². The van der Waals surface area contributed by atoms with Crippen molar-refractivity contribution in [2.24, 2.45) is 4.99 Å². The van der Waals surface area contributed by atoms with Gasteiger partial charge in [0.05, 0.1) is 17.8 Å². The van der Waals surface area contributed by atoms with Crippen LogP contribution in [0.1, 0.15) is 11.6 Å². The summed E-state index contributed by atoms with van der Waals surface area (Å²) in [6, 6.07) is 14.6. The summed E-state index contributed by atoms with van der Waals surface area (Å²) in [5.74, 6) is 0.130. The molecule has 0 fully saturated rings. The SMILES string of the molecule is O=C(NNC1=NC(c2cccc(F)c2)COC1)Nc1cccc2ncccc12. The zero-order valence-electron chi connectivity index (χ0n) is 14.9. The molecule has 2 amide bonds. The van der Waals surface area contributed by atoms with E-state index in [0.29, 0.717) is 23.7 Å². The molecule has 8 heteroatoms. The van der Waals surface area contributed by atoms with Gasteiger partial charge in [-0.2, -0.15) is 0 Å². The number of halogens is 1. The Morgan fingerprint density at radius 1 is 1.14 bits per heavy atom. The van der Waals surface area contributed by atoms with Crippen molar-refractivity contribution in [1.29, 1.82) is 0 Å². The van der Waals surface area contributed by atoms with Gasteiger partial charge in [-0.05, 0) is 42.0 Å². The van der Waals surface area contributed by atoms with Crippen LogP contribution < -0.4 is 16.2 Å². The van der Waals surface area contributed by atoms with Crippen LogP contribution in [-0.2, 0) is 4.74 Å². The normalized spacial score (nSPS) is 16.3. The Bertz CT molecular complexity index is 1030. The number of carbonyl (C=O) groups is 1. The number of carbonyl (C=O) groups excluding carboxylic acids is 1. The van der Waals surface area contributed by atoms with Crippen LogP contribution in [0.4, 0.5) is 14.9 Å². The molecule has 0 spiro atoms. The summed E-state index contributed by atoms with van der Waals surface area (Å²) in [6.45, 7) is 0.577. The highest BCUT2D eigenvalue weighted by molar-refractivity contribution is 6.00. The minimum absolute atomic E-state index is 0.226. The highest BCUT2D eigenvalue weighted by Gasteiger charge is 2.18. The smallest absolute Gasteiger partial charge is 0.337 e. The number of anilines is 1. The summed E-state index contributed by atoms with van der Waals surface area (Å²) >= 11 is 0. The molecule has 2 aromatic carbocycles. The molecular formula is C20H18FN5O2. The predicted molar refractivity (Wildman–Crippen MR) is 104 cm³/mol. The Balaban J connectivity index is 1.40. The zero-order chi connectivity index (χ0) is 19.3. The number of hydrogen-bond acceptors (Lipinski definition) is 5. The molecule has 1 atom stereocenters. The molecule has 7 nitrogen and oxygen atoms in total. The second-order valence-electron chi connectivity index (χ2n) is 6.24. The van der Waals surface area contributed by atoms with Gasteiger partial charge in [-0.1, -0.05) is 18.2 Å². The van der Waals surface area contributed by atoms with Crippen molar-refractivity contribution in [1.82, 2.24) is 15.8 Å². The Morgan fingerprint density at radius 3 is 2.93 bits per heavy atom. The van der Waals surface area contributed by atoms with Crippen molar-refractivity contribution in [3.8, 4) is 0 Å². The number of hydrogen-bond donors (Lipinski definition) is 3. The first-order valence-electron chi connectivity index (χ1n) is 8.76. The fourth-order valence-electron chi connectivity index (χ4n) is 2.98. The van der Waals surface area contributed by atoms with Gasteiger partial charge in [-0.15, -0.1) is 0 Å². The number of aliphatic imine (C=N–C) groups is 1. The Hall–Kier alpha value is -3.52. The number of aromatic nitrogens is 1. The van der Waals surface area contributed by atoms with Gasteiger partial charge in [-0.3, -0.25) is 20.8 Å². The molecule has 1 aliphatic heterocycles. The second-order valence-corrected chi connectivity index (χ2v) is 6.24. The quantitative estimate of drug-likeness (QED) is 0.597. The number of fused-ring (bicyclic) bond motifs is 1. The van der Waals surface area contributed by atoms with E-state index in [4.69, 9.17) is 4.74 Å². The highest BCUT2D eigenvalue weighted by atomic mass is 19.1. The lowest BCUT2D eigenvalue weighted by atomic mass is 10.1. The lowest BCUT2D eigenvalue weighted by Crippen LogP contribution is -2.46. The molecule has 142 valence electrons. The van der Waals surface area contributed by atoms with Crippen molar-refractivity contribution in [3.63, 3.8) is 0 Å². The lowest BCUT2D eigenvalue weighted by molar-refractivity contribution is 0.141. The fraction of sp³-hybridized carbons (Fsp3) is 0.150. The first kappa shape index (κ1) is 17.9. The van der Waals surface area contributed by atoms with E-state index in [1.807, 2.05) is 24.3 Å². The fourth-order valence-corrected chi connectivity index (χ4v) is 2.98. The van der Waals surface area contributed by atoms with Crippen LogP contribution in [0, 0.1) is 5.82 Å². The third-order valence-electron chi connectivity index (χ3n) is 4.27. The third-order valence-corrected chi connectivity index (χ3v) is 4.27. The first-order valence-corrected chi connectivity index (χ1v) is 8.76. The second kappa shape index (κ2) is 8.01. The summed E-state index contributed by atoms with van der Waals surface area (Å²) in [7, 11) is 0. The van der Waals surface area contributed by atoms with Gasteiger partial charge in [0, 0.05) is 11.6 Å². The number of benzene rings is 2. The molecule has 0 bridgehead atoms. The number of amides is 2. The summed E-state index contributed by atoms with van der Waals surface area (Å²) in [5, 5.41) is 3.61. The van der Waals surface area contributed by atoms with Crippen LogP contribution >= 0.6 is 0 Å². The number of amidine groups is 1. The van der Waals surface area contributed by atoms with Crippen molar-refractivity contribution in [2.45, 2.75) is 6.04 Å². The molecule has 2 heterocycles. The van der Waals surface area contributed by atoms with E-state index in [0.717, 1.165) is 10.9 Å². The average molecular weight is 379 g/mol. The molecule has 28 heavy (non-hydrogen) atoms. The number of pyridine rings is 1. The van der Waals surface area contributed by atoms with Crippen LogP contribution in [0.5, 0.6) is 0 Å². The molecule has 1 unspecified atom stereocenters. The summed E-state index contributed by atoms with van der Waals surface area (Å²) in [4.78, 5) is 21.0. The molecule has 0 radical (unpaired) electrons.